The van der Waals surface area contributed by atoms with E-state index in [4.69, 9.17) is 5.11 Å². The Morgan fingerprint density at radius 2 is 2.07 bits per heavy atom. The van der Waals surface area contributed by atoms with E-state index >= 15 is 0 Å². The monoisotopic (exact) mass is 217 g/mol. The first-order chi connectivity index (χ1) is 6.97. The second-order valence-electron chi connectivity index (χ2n) is 3.72. The van der Waals surface area contributed by atoms with Gasteiger partial charge in [0.25, 0.3) is 0 Å². The van der Waals surface area contributed by atoms with Crippen LogP contribution in [0.15, 0.2) is 0 Å². The minimum atomic E-state index is -1.09. The number of hydrogen-bond donors (Lipinski definition) is 2. The van der Waals surface area contributed by atoms with Crippen molar-refractivity contribution in [2.45, 2.75) is 25.5 Å². The molecule has 6 heteroatoms. The van der Waals surface area contributed by atoms with Gasteiger partial charge in [-0.25, -0.2) is 4.79 Å². The summed E-state index contributed by atoms with van der Waals surface area (Å²) in [6.45, 7) is 1.74. The molecule has 1 amide bonds. The number of aliphatic hydroxyl groups excluding tert-OH is 1. The van der Waals surface area contributed by atoms with Crippen LogP contribution in [0.3, 0.4) is 0 Å². The highest BCUT2D eigenvalue weighted by atomic mass is 16.5. The van der Waals surface area contributed by atoms with Crippen molar-refractivity contribution >= 4 is 12.1 Å². The molecule has 6 nitrogen and oxygen atoms in total. The number of likely N-dealkylation sites (tertiary alicyclic amines) is 1. The average molecular weight is 217 g/mol. The number of methoxy groups -OCH3 is 1. The van der Waals surface area contributed by atoms with E-state index in [1.165, 1.54) is 12.0 Å². The Morgan fingerprint density at radius 3 is 2.53 bits per heavy atom. The summed E-state index contributed by atoms with van der Waals surface area (Å²) in [4.78, 5) is 23.4. The fourth-order valence-corrected chi connectivity index (χ4v) is 1.77. The third-order valence-electron chi connectivity index (χ3n) is 2.70. The summed E-state index contributed by atoms with van der Waals surface area (Å²) in [5.41, 5.74) is 0. The fraction of sp³-hybridized carbons (Fsp3) is 0.778. The Kier molecular flexibility index (Phi) is 3.52. The third kappa shape index (κ3) is 2.38. The summed E-state index contributed by atoms with van der Waals surface area (Å²) in [5, 5.41) is 18.4. The van der Waals surface area contributed by atoms with Gasteiger partial charge < -0.3 is 19.8 Å². The van der Waals surface area contributed by atoms with E-state index in [-0.39, 0.29) is 19.0 Å². The van der Waals surface area contributed by atoms with Crippen LogP contribution < -0.4 is 0 Å². The molecule has 1 saturated heterocycles. The summed E-state index contributed by atoms with van der Waals surface area (Å²) in [7, 11) is 1.25. The van der Waals surface area contributed by atoms with Gasteiger partial charge >= 0.3 is 12.1 Å². The zero-order valence-corrected chi connectivity index (χ0v) is 8.71. The molecule has 15 heavy (non-hydrogen) atoms. The van der Waals surface area contributed by atoms with E-state index in [1.54, 1.807) is 6.92 Å². The largest absolute Gasteiger partial charge is 0.481 e. The maximum absolute atomic E-state index is 11.3. The van der Waals surface area contributed by atoms with Gasteiger partial charge in [0.1, 0.15) is 5.92 Å². The lowest BCUT2D eigenvalue weighted by Crippen LogP contribution is -2.53. The molecule has 86 valence electrons. The van der Waals surface area contributed by atoms with Crippen LogP contribution in [0.4, 0.5) is 4.79 Å². The number of aliphatic hydroxyl groups is 1. The van der Waals surface area contributed by atoms with Gasteiger partial charge in [-0.2, -0.15) is 0 Å². The van der Waals surface area contributed by atoms with Crippen LogP contribution in [0.1, 0.15) is 13.3 Å². The number of amides is 1. The fourth-order valence-electron chi connectivity index (χ4n) is 1.77. The highest BCUT2D eigenvalue weighted by Crippen LogP contribution is 2.23. The van der Waals surface area contributed by atoms with Crippen molar-refractivity contribution in [2.75, 3.05) is 13.7 Å². The van der Waals surface area contributed by atoms with Crippen LogP contribution in [-0.4, -0.2) is 53.0 Å². The Hall–Kier alpha value is -1.30. The van der Waals surface area contributed by atoms with Crippen molar-refractivity contribution in [3.8, 4) is 0 Å². The SMILES string of the molecule is COC(=O)N1CC(C(=O)O)C(O)C[C@@H]1C. The smallest absolute Gasteiger partial charge is 0.409 e. The number of rotatable bonds is 1. The highest BCUT2D eigenvalue weighted by Gasteiger charge is 2.39. The summed E-state index contributed by atoms with van der Waals surface area (Å²) < 4.78 is 4.54. The van der Waals surface area contributed by atoms with Gasteiger partial charge in [0, 0.05) is 12.6 Å². The van der Waals surface area contributed by atoms with E-state index in [1.807, 2.05) is 0 Å². The zero-order chi connectivity index (χ0) is 11.6. The molecule has 0 aliphatic carbocycles. The normalized spacial score (nSPS) is 31.1. The Balaban J connectivity index is 2.75. The molecule has 1 aliphatic heterocycles. The standard InChI is InChI=1S/C9H15NO5/c1-5-3-7(11)6(8(12)13)4-10(5)9(14)15-2/h5-7,11H,3-4H2,1-2H3,(H,12,13)/t5-,6?,7?/m0/s1. The van der Waals surface area contributed by atoms with Gasteiger partial charge in [-0.1, -0.05) is 0 Å². The van der Waals surface area contributed by atoms with Gasteiger partial charge in [-0.15, -0.1) is 0 Å². The van der Waals surface area contributed by atoms with E-state index < -0.39 is 24.1 Å². The molecule has 0 bridgehead atoms. The van der Waals surface area contributed by atoms with Crippen LogP contribution in [0.2, 0.25) is 0 Å². The van der Waals surface area contributed by atoms with Crippen LogP contribution in [0.5, 0.6) is 0 Å². The summed E-state index contributed by atoms with van der Waals surface area (Å²) in [5.74, 6) is -2.02. The number of carboxylic acids is 1. The third-order valence-corrected chi connectivity index (χ3v) is 2.70. The van der Waals surface area contributed by atoms with Crippen LogP contribution in [-0.2, 0) is 9.53 Å². The molecule has 0 aromatic heterocycles. The lowest BCUT2D eigenvalue weighted by atomic mass is 9.91. The maximum atomic E-state index is 11.3. The second-order valence-corrected chi connectivity index (χ2v) is 3.72. The molecule has 0 spiro atoms. The van der Waals surface area contributed by atoms with Crippen molar-refractivity contribution < 1.29 is 24.5 Å². The topological polar surface area (TPSA) is 87.1 Å². The molecular formula is C9H15NO5. The molecular weight excluding hydrogens is 202 g/mol. The second kappa shape index (κ2) is 4.48. The minimum absolute atomic E-state index is 0.00958. The van der Waals surface area contributed by atoms with E-state index in [0.29, 0.717) is 0 Å². The van der Waals surface area contributed by atoms with Crippen molar-refractivity contribution in [3.05, 3.63) is 0 Å². The molecule has 0 aromatic rings. The zero-order valence-electron chi connectivity index (χ0n) is 8.71. The average Bonchev–Trinajstić information content (AvgIpc) is 2.16. The first kappa shape index (κ1) is 11.8. The lowest BCUT2D eigenvalue weighted by Gasteiger charge is -2.38. The van der Waals surface area contributed by atoms with E-state index in [0.717, 1.165) is 0 Å². The number of carbonyl (C=O) groups excluding carboxylic acids is 1. The Morgan fingerprint density at radius 1 is 1.47 bits per heavy atom. The molecule has 2 unspecified atom stereocenters. The maximum Gasteiger partial charge on any atom is 0.409 e. The van der Waals surface area contributed by atoms with Crippen molar-refractivity contribution in [3.63, 3.8) is 0 Å². The van der Waals surface area contributed by atoms with Gasteiger partial charge in [0.05, 0.1) is 13.2 Å². The Bertz CT molecular complexity index is 267. The predicted octanol–water partition coefficient (Wildman–Crippen LogP) is -0.0913. The molecule has 2 N–H and O–H groups in total. The first-order valence-corrected chi connectivity index (χ1v) is 4.72. The molecule has 1 aliphatic rings. The molecule has 1 rings (SSSR count). The number of carboxylic acid groups (broad SMARTS) is 1. The number of nitrogens with zero attached hydrogens (tertiary/aromatic N) is 1. The number of aliphatic carboxylic acids is 1. The number of piperidine rings is 1. The predicted molar refractivity (Wildman–Crippen MR) is 50.3 cm³/mol. The molecule has 3 atom stereocenters. The lowest BCUT2D eigenvalue weighted by molar-refractivity contribution is -0.149. The van der Waals surface area contributed by atoms with Crippen LogP contribution in [0, 0.1) is 5.92 Å². The van der Waals surface area contributed by atoms with Crippen molar-refractivity contribution in [2.24, 2.45) is 5.92 Å². The summed E-state index contributed by atoms with van der Waals surface area (Å²) in [6, 6.07) is -0.206. The number of hydrogen-bond acceptors (Lipinski definition) is 4. The molecule has 1 heterocycles. The number of ether oxygens (including phenoxy) is 1. The van der Waals surface area contributed by atoms with Crippen molar-refractivity contribution in [1.82, 2.24) is 4.90 Å². The quantitative estimate of drug-likeness (QED) is 0.641. The van der Waals surface area contributed by atoms with Gasteiger partial charge in [0.15, 0.2) is 0 Å². The van der Waals surface area contributed by atoms with Crippen molar-refractivity contribution in [1.29, 1.82) is 0 Å². The van der Waals surface area contributed by atoms with E-state index in [2.05, 4.69) is 4.74 Å². The van der Waals surface area contributed by atoms with Crippen LogP contribution in [0.25, 0.3) is 0 Å². The molecule has 0 radical (unpaired) electrons. The van der Waals surface area contributed by atoms with Crippen LogP contribution >= 0.6 is 0 Å². The van der Waals surface area contributed by atoms with Gasteiger partial charge in [-0.3, -0.25) is 4.79 Å². The first-order valence-electron chi connectivity index (χ1n) is 4.72. The Labute approximate surface area is 87.4 Å². The molecule has 0 aromatic carbocycles. The molecule has 0 saturated carbocycles. The minimum Gasteiger partial charge on any atom is -0.481 e. The number of carbonyl (C=O) groups is 2. The highest BCUT2D eigenvalue weighted by molar-refractivity contribution is 5.74. The van der Waals surface area contributed by atoms with E-state index in [9.17, 15) is 14.7 Å². The molecule has 1 fully saturated rings. The summed E-state index contributed by atoms with van der Waals surface area (Å²) in [6.07, 6.45) is -1.20. The van der Waals surface area contributed by atoms with Gasteiger partial charge in [0.2, 0.25) is 0 Å². The van der Waals surface area contributed by atoms with Gasteiger partial charge in [-0.05, 0) is 13.3 Å². The summed E-state index contributed by atoms with van der Waals surface area (Å²) >= 11 is 0.